The molecule has 0 spiro atoms. The second-order valence-electron chi connectivity index (χ2n) is 5.84. The second kappa shape index (κ2) is 8.41. The molecule has 0 unspecified atom stereocenters. The first-order valence-electron chi connectivity index (χ1n) is 8.45. The molecule has 0 aromatic heterocycles. The van der Waals surface area contributed by atoms with E-state index >= 15 is 0 Å². The Morgan fingerprint density at radius 2 is 1.84 bits per heavy atom. The number of ether oxygens (including phenoxy) is 1. The summed E-state index contributed by atoms with van der Waals surface area (Å²) in [6.07, 6.45) is 0. The maximum atomic E-state index is 6.09. The SMILES string of the molecule is CCOc1ccc(NC(=S)N2CCN(c3cccc(Cl)c3)CC2)cc1. The van der Waals surface area contributed by atoms with Gasteiger partial charge < -0.3 is 19.9 Å². The highest BCUT2D eigenvalue weighted by Crippen LogP contribution is 2.21. The van der Waals surface area contributed by atoms with E-state index in [4.69, 9.17) is 28.6 Å². The standard InChI is InChI=1S/C19H22ClN3OS/c1-2-24-18-8-6-16(7-9-18)21-19(25)23-12-10-22(11-13-23)17-5-3-4-15(20)14-17/h3-9,14H,2,10-13H2,1H3,(H,21,25). The van der Waals surface area contributed by atoms with Crippen LogP contribution in [-0.4, -0.2) is 42.8 Å². The van der Waals surface area contributed by atoms with Crippen molar-refractivity contribution in [1.82, 2.24) is 4.90 Å². The molecule has 0 bridgehead atoms. The fraction of sp³-hybridized carbons (Fsp3) is 0.316. The molecular formula is C19H22ClN3OS. The van der Waals surface area contributed by atoms with Crippen molar-refractivity contribution in [2.75, 3.05) is 43.0 Å². The van der Waals surface area contributed by atoms with Crippen LogP contribution in [0.15, 0.2) is 48.5 Å². The minimum absolute atomic E-state index is 0.669. The van der Waals surface area contributed by atoms with Crippen LogP contribution in [0.5, 0.6) is 5.75 Å². The lowest BCUT2D eigenvalue weighted by molar-refractivity contribution is 0.340. The van der Waals surface area contributed by atoms with Gasteiger partial charge in [-0.1, -0.05) is 17.7 Å². The van der Waals surface area contributed by atoms with Crippen molar-refractivity contribution in [3.63, 3.8) is 0 Å². The van der Waals surface area contributed by atoms with Crippen LogP contribution in [0.25, 0.3) is 0 Å². The van der Waals surface area contributed by atoms with Crippen LogP contribution < -0.4 is 15.0 Å². The largest absolute Gasteiger partial charge is 0.494 e. The highest BCUT2D eigenvalue weighted by Gasteiger charge is 2.19. The molecule has 0 amide bonds. The summed E-state index contributed by atoms with van der Waals surface area (Å²) in [5, 5.41) is 4.84. The van der Waals surface area contributed by atoms with Crippen LogP contribution in [0.1, 0.15) is 6.92 Å². The molecule has 2 aromatic rings. The number of nitrogens with zero attached hydrogens (tertiary/aromatic N) is 2. The first-order valence-corrected chi connectivity index (χ1v) is 9.23. The van der Waals surface area contributed by atoms with Gasteiger partial charge in [-0.25, -0.2) is 0 Å². The predicted octanol–water partition coefficient (Wildman–Crippen LogP) is 4.26. The Hall–Kier alpha value is -1.98. The molecule has 0 saturated carbocycles. The molecule has 1 aliphatic rings. The van der Waals surface area contributed by atoms with Crippen molar-refractivity contribution in [2.45, 2.75) is 6.92 Å². The molecule has 1 fully saturated rings. The number of anilines is 2. The number of benzene rings is 2. The van der Waals surface area contributed by atoms with Gasteiger partial charge in [0.25, 0.3) is 0 Å². The fourth-order valence-corrected chi connectivity index (χ4v) is 3.33. The number of piperazine rings is 1. The maximum Gasteiger partial charge on any atom is 0.173 e. The van der Waals surface area contributed by atoms with Crippen LogP contribution in [0.3, 0.4) is 0 Å². The molecule has 132 valence electrons. The van der Waals surface area contributed by atoms with Gasteiger partial charge in [-0.3, -0.25) is 0 Å². The summed E-state index contributed by atoms with van der Waals surface area (Å²) in [6, 6.07) is 15.9. The molecule has 4 nitrogen and oxygen atoms in total. The van der Waals surface area contributed by atoms with Gasteiger partial charge in [-0.15, -0.1) is 0 Å². The number of hydrogen-bond acceptors (Lipinski definition) is 3. The van der Waals surface area contributed by atoms with Crippen LogP contribution in [0.2, 0.25) is 5.02 Å². The Morgan fingerprint density at radius 3 is 2.48 bits per heavy atom. The molecule has 0 aliphatic carbocycles. The van der Waals surface area contributed by atoms with E-state index < -0.39 is 0 Å². The molecule has 1 saturated heterocycles. The van der Waals surface area contributed by atoms with Gasteiger partial charge >= 0.3 is 0 Å². The normalized spacial score (nSPS) is 14.3. The van der Waals surface area contributed by atoms with Gasteiger partial charge in [0.05, 0.1) is 6.61 Å². The van der Waals surface area contributed by atoms with Crippen molar-refractivity contribution < 1.29 is 4.74 Å². The van der Waals surface area contributed by atoms with Gasteiger partial charge in [0.2, 0.25) is 0 Å². The third-order valence-electron chi connectivity index (χ3n) is 4.16. The van der Waals surface area contributed by atoms with Crippen LogP contribution in [0, 0.1) is 0 Å². The lowest BCUT2D eigenvalue weighted by atomic mass is 10.2. The number of nitrogens with one attached hydrogen (secondary N) is 1. The Labute approximate surface area is 159 Å². The van der Waals surface area contributed by atoms with E-state index in [1.165, 1.54) is 0 Å². The molecule has 1 heterocycles. The quantitative estimate of drug-likeness (QED) is 0.806. The first kappa shape index (κ1) is 17.8. The van der Waals surface area contributed by atoms with E-state index in [0.717, 1.165) is 53.4 Å². The number of hydrogen-bond donors (Lipinski definition) is 1. The first-order chi connectivity index (χ1) is 12.2. The lowest BCUT2D eigenvalue weighted by Crippen LogP contribution is -2.50. The van der Waals surface area contributed by atoms with Crippen molar-refractivity contribution in [3.05, 3.63) is 53.6 Å². The Morgan fingerprint density at radius 1 is 1.12 bits per heavy atom. The van der Waals surface area contributed by atoms with Crippen molar-refractivity contribution in [3.8, 4) is 5.75 Å². The summed E-state index contributed by atoms with van der Waals surface area (Å²) in [5.74, 6) is 0.870. The van der Waals surface area contributed by atoms with Crippen LogP contribution >= 0.6 is 23.8 Å². The summed E-state index contributed by atoms with van der Waals surface area (Å²) in [6.45, 7) is 6.26. The van der Waals surface area contributed by atoms with E-state index in [2.05, 4.69) is 21.2 Å². The molecule has 0 radical (unpaired) electrons. The predicted molar refractivity (Wildman–Crippen MR) is 109 cm³/mol. The Kier molecular flexibility index (Phi) is 6.00. The third kappa shape index (κ3) is 4.77. The number of halogens is 1. The monoisotopic (exact) mass is 375 g/mol. The topological polar surface area (TPSA) is 27.7 Å². The number of thiocarbonyl (C=S) groups is 1. The minimum Gasteiger partial charge on any atom is -0.494 e. The average molecular weight is 376 g/mol. The highest BCUT2D eigenvalue weighted by molar-refractivity contribution is 7.80. The van der Waals surface area contributed by atoms with Crippen molar-refractivity contribution in [2.24, 2.45) is 0 Å². The van der Waals surface area contributed by atoms with Crippen LogP contribution in [-0.2, 0) is 0 Å². The summed E-state index contributed by atoms with van der Waals surface area (Å²) >= 11 is 11.6. The zero-order chi connectivity index (χ0) is 17.6. The van der Waals surface area contributed by atoms with E-state index in [1.54, 1.807) is 0 Å². The Bertz CT molecular complexity index is 715. The van der Waals surface area contributed by atoms with Crippen LogP contribution in [0.4, 0.5) is 11.4 Å². The van der Waals surface area contributed by atoms with E-state index in [-0.39, 0.29) is 0 Å². The van der Waals surface area contributed by atoms with E-state index in [9.17, 15) is 0 Å². The smallest absolute Gasteiger partial charge is 0.173 e. The molecular weight excluding hydrogens is 354 g/mol. The average Bonchev–Trinajstić information content (AvgIpc) is 2.64. The fourth-order valence-electron chi connectivity index (χ4n) is 2.84. The van der Waals surface area contributed by atoms with E-state index in [0.29, 0.717) is 6.61 Å². The van der Waals surface area contributed by atoms with Crippen molar-refractivity contribution >= 4 is 40.3 Å². The zero-order valence-corrected chi connectivity index (χ0v) is 15.8. The molecule has 2 aromatic carbocycles. The lowest BCUT2D eigenvalue weighted by Gasteiger charge is -2.37. The molecule has 1 aliphatic heterocycles. The molecule has 0 atom stereocenters. The zero-order valence-electron chi connectivity index (χ0n) is 14.2. The van der Waals surface area contributed by atoms with Gasteiger partial charge in [-0.05, 0) is 61.6 Å². The summed E-state index contributed by atoms with van der Waals surface area (Å²) in [7, 11) is 0. The molecule has 3 rings (SSSR count). The Balaban J connectivity index is 1.53. The highest BCUT2D eigenvalue weighted by atomic mass is 35.5. The molecule has 25 heavy (non-hydrogen) atoms. The molecule has 6 heteroatoms. The third-order valence-corrected chi connectivity index (χ3v) is 4.75. The summed E-state index contributed by atoms with van der Waals surface area (Å²) in [5.41, 5.74) is 2.14. The molecule has 1 N–H and O–H groups in total. The van der Waals surface area contributed by atoms with Gasteiger partial charge in [0.1, 0.15) is 5.75 Å². The maximum absolute atomic E-state index is 6.09. The number of rotatable bonds is 4. The minimum atomic E-state index is 0.669. The summed E-state index contributed by atoms with van der Waals surface area (Å²) < 4.78 is 5.46. The van der Waals surface area contributed by atoms with Gasteiger partial charge in [0.15, 0.2) is 5.11 Å². The van der Waals surface area contributed by atoms with E-state index in [1.807, 2.05) is 49.4 Å². The van der Waals surface area contributed by atoms with Gasteiger partial charge in [-0.2, -0.15) is 0 Å². The summed E-state index contributed by atoms with van der Waals surface area (Å²) in [4.78, 5) is 4.54. The van der Waals surface area contributed by atoms with Crippen molar-refractivity contribution in [1.29, 1.82) is 0 Å². The van der Waals surface area contributed by atoms with Gasteiger partial charge in [0, 0.05) is 42.6 Å². The second-order valence-corrected chi connectivity index (χ2v) is 6.66.